The summed E-state index contributed by atoms with van der Waals surface area (Å²) >= 11 is 0. The first-order valence-electron chi connectivity index (χ1n) is 8.89. The Hall–Kier alpha value is -1.75. The van der Waals surface area contributed by atoms with Crippen LogP contribution in [0.4, 0.5) is 0 Å². The van der Waals surface area contributed by atoms with Gasteiger partial charge in [0.1, 0.15) is 0 Å². The van der Waals surface area contributed by atoms with Crippen LogP contribution < -0.4 is 14.8 Å². The zero-order chi connectivity index (χ0) is 17.5. The van der Waals surface area contributed by atoms with Crippen molar-refractivity contribution in [2.24, 2.45) is 5.92 Å². The Morgan fingerprint density at radius 1 is 1.38 bits per heavy atom. The van der Waals surface area contributed by atoms with Gasteiger partial charge in [-0.1, -0.05) is 20.8 Å². The van der Waals surface area contributed by atoms with Crippen LogP contribution in [0.2, 0.25) is 0 Å². The van der Waals surface area contributed by atoms with Crippen molar-refractivity contribution in [1.82, 2.24) is 10.2 Å². The third-order valence-electron chi connectivity index (χ3n) is 4.18. The number of methoxy groups -OCH3 is 1. The summed E-state index contributed by atoms with van der Waals surface area (Å²) in [4.78, 5) is 15.0. The fourth-order valence-electron chi connectivity index (χ4n) is 2.94. The van der Waals surface area contributed by atoms with E-state index in [9.17, 15) is 4.79 Å². The van der Waals surface area contributed by atoms with Crippen LogP contribution in [-0.4, -0.2) is 50.2 Å². The van der Waals surface area contributed by atoms with Crippen molar-refractivity contribution in [2.75, 3.05) is 33.4 Å². The highest BCUT2D eigenvalue weighted by Crippen LogP contribution is 2.29. The zero-order valence-electron chi connectivity index (χ0n) is 15.3. The summed E-state index contributed by atoms with van der Waals surface area (Å²) in [5, 5.41) is 3.34. The summed E-state index contributed by atoms with van der Waals surface area (Å²) in [5.41, 5.74) is 0.657. The molecule has 5 heteroatoms. The van der Waals surface area contributed by atoms with Gasteiger partial charge in [-0.15, -0.1) is 0 Å². The van der Waals surface area contributed by atoms with Crippen molar-refractivity contribution in [3.63, 3.8) is 0 Å². The van der Waals surface area contributed by atoms with Gasteiger partial charge in [-0.05, 0) is 43.5 Å². The lowest BCUT2D eigenvalue weighted by atomic mass is 10.1. The monoisotopic (exact) mass is 334 g/mol. The Morgan fingerprint density at radius 2 is 2.17 bits per heavy atom. The van der Waals surface area contributed by atoms with E-state index in [0.717, 1.165) is 32.5 Å². The summed E-state index contributed by atoms with van der Waals surface area (Å²) in [6, 6.07) is 5.75. The molecular formula is C19H30N2O3. The minimum atomic E-state index is 0.0688. The van der Waals surface area contributed by atoms with Crippen molar-refractivity contribution in [3.05, 3.63) is 23.8 Å². The van der Waals surface area contributed by atoms with Crippen LogP contribution in [0, 0.1) is 5.92 Å². The Balaban J connectivity index is 2.17. The molecule has 0 spiro atoms. The number of carbonyl (C=O) groups is 1. The maximum Gasteiger partial charge on any atom is 0.254 e. The largest absolute Gasteiger partial charge is 0.493 e. The van der Waals surface area contributed by atoms with Gasteiger partial charge in [0.2, 0.25) is 0 Å². The van der Waals surface area contributed by atoms with Crippen molar-refractivity contribution in [2.45, 2.75) is 39.7 Å². The first kappa shape index (κ1) is 18.6. The second-order valence-corrected chi connectivity index (χ2v) is 6.72. The van der Waals surface area contributed by atoms with Gasteiger partial charge in [-0.2, -0.15) is 0 Å². The molecule has 2 rings (SSSR count). The molecule has 0 aliphatic carbocycles. The molecule has 1 saturated heterocycles. The fraction of sp³-hybridized carbons (Fsp3) is 0.632. The lowest BCUT2D eigenvalue weighted by Crippen LogP contribution is -2.42. The normalized spacial score (nSPS) is 17.1. The number of nitrogens with zero attached hydrogens (tertiary/aromatic N) is 1. The number of nitrogens with one attached hydrogen (secondary N) is 1. The Labute approximate surface area is 145 Å². The third-order valence-corrected chi connectivity index (χ3v) is 4.18. The molecular weight excluding hydrogens is 304 g/mol. The average molecular weight is 334 g/mol. The average Bonchev–Trinajstić information content (AvgIpc) is 3.11. The number of hydrogen-bond donors (Lipinski definition) is 1. The Bertz CT molecular complexity index is 539. The van der Waals surface area contributed by atoms with E-state index in [2.05, 4.69) is 26.1 Å². The van der Waals surface area contributed by atoms with Crippen LogP contribution in [0.3, 0.4) is 0 Å². The lowest BCUT2D eigenvalue weighted by molar-refractivity contribution is 0.0692. The first-order valence-corrected chi connectivity index (χ1v) is 8.89. The molecule has 1 unspecified atom stereocenters. The molecule has 0 radical (unpaired) electrons. The number of amides is 1. The number of rotatable bonds is 8. The smallest absolute Gasteiger partial charge is 0.254 e. The third kappa shape index (κ3) is 4.63. The van der Waals surface area contributed by atoms with E-state index in [1.807, 2.05) is 17.0 Å². The van der Waals surface area contributed by atoms with Gasteiger partial charge in [0.05, 0.1) is 13.7 Å². The van der Waals surface area contributed by atoms with Crippen molar-refractivity contribution in [3.8, 4) is 11.5 Å². The molecule has 1 atom stereocenters. The Morgan fingerprint density at radius 3 is 2.75 bits per heavy atom. The summed E-state index contributed by atoms with van der Waals surface area (Å²) in [6.45, 7) is 9.55. The zero-order valence-corrected chi connectivity index (χ0v) is 15.3. The molecule has 1 N–H and O–H groups in total. The van der Waals surface area contributed by atoms with E-state index in [-0.39, 0.29) is 11.9 Å². The SMILES string of the molecule is CCCN(C(=O)c1ccc(OCC(C)C)c(OC)c1)C1CCNC1. The van der Waals surface area contributed by atoms with Crippen LogP contribution in [0.1, 0.15) is 44.0 Å². The summed E-state index contributed by atoms with van der Waals surface area (Å²) in [7, 11) is 1.61. The standard InChI is InChI=1S/C19H30N2O3/c1-5-10-21(16-8-9-20-12-16)19(22)15-6-7-17(18(11-15)23-4)24-13-14(2)3/h6-7,11,14,16,20H,5,8-10,12-13H2,1-4H3. The maximum atomic E-state index is 13.0. The highest BCUT2D eigenvalue weighted by atomic mass is 16.5. The molecule has 24 heavy (non-hydrogen) atoms. The fourth-order valence-corrected chi connectivity index (χ4v) is 2.94. The molecule has 134 valence electrons. The van der Waals surface area contributed by atoms with Gasteiger partial charge in [-0.25, -0.2) is 0 Å². The molecule has 1 aliphatic rings. The van der Waals surface area contributed by atoms with E-state index in [1.54, 1.807) is 13.2 Å². The lowest BCUT2D eigenvalue weighted by Gasteiger charge is -2.28. The molecule has 1 aliphatic heterocycles. The van der Waals surface area contributed by atoms with E-state index in [1.165, 1.54) is 0 Å². The van der Waals surface area contributed by atoms with Gasteiger partial charge in [-0.3, -0.25) is 4.79 Å². The molecule has 0 saturated carbocycles. The number of benzene rings is 1. The summed E-state index contributed by atoms with van der Waals surface area (Å²) in [6.07, 6.45) is 1.97. The van der Waals surface area contributed by atoms with Gasteiger partial charge in [0.25, 0.3) is 5.91 Å². The maximum absolute atomic E-state index is 13.0. The highest BCUT2D eigenvalue weighted by Gasteiger charge is 2.27. The first-order chi connectivity index (χ1) is 11.6. The van der Waals surface area contributed by atoms with E-state index < -0.39 is 0 Å². The van der Waals surface area contributed by atoms with Gasteiger partial charge >= 0.3 is 0 Å². The predicted octanol–water partition coefficient (Wildman–Crippen LogP) is 2.94. The highest BCUT2D eigenvalue weighted by molar-refractivity contribution is 5.95. The molecule has 1 amide bonds. The van der Waals surface area contributed by atoms with E-state index in [0.29, 0.717) is 29.6 Å². The quantitative estimate of drug-likeness (QED) is 0.794. The molecule has 1 aromatic rings. The summed E-state index contributed by atoms with van der Waals surface area (Å²) < 4.78 is 11.2. The summed E-state index contributed by atoms with van der Waals surface area (Å²) in [5.74, 6) is 1.81. The Kier molecular flexibility index (Phi) is 6.91. The van der Waals surface area contributed by atoms with Gasteiger partial charge in [0.15, 0.2) is 11.5 Å². The van der Waals surface area contributed by atoms with Crippen molar-refractivity contribution >= 4 is 5.91 Å². The van der Waals surface area contributed by atoms with E-state index in [4.69, 9.17) is 9.47 Å². The van der Waals surface area contributed by atoms with Crippen molar-refractivity contribution < 1.29 is 14.3 Å². The van der Waals surface area contributed by atoms with Crippen LogP contribution >= 0.6 is 0 Å². The molecule has 1 heterocycles. The number of hydrogen-bond acceptors (Lipinski definition) is 4. The molecule has 0 bridgehead atoms. The molecule has 1 aromatic carbocycles. The minimum Gasteiger partial charge on any atom is -0.493 e. The van der Waals surface area contributed by atoms with Crippen LogP contribution in [0.25, 0.3) is 0 Å². The van der Waals surface area contributed by atoms with E-state index >= 15 is 0 Å². The second-order valence-electron chi connectivity index (χ2n) is 6.72. The molecule has 5 nitrogen and oxygen atoms in total. The number of carbonyl (C=O) groups excluding carboxylic acids is 1. The topological polar surface area (TPSA) is 50.8 Å². The van der Waals surface area contributed by atoms with Crippen molar-refractivity contribution in [1.29, 1.82) is 0 Å². The molecule has 1 fully saturated rings. The van der Waals surface area contributed by atoms with Gasteiger partial charge < -0.3 is 19.7 Å². The van der Waals surface area contributed by atoms with Crippen LogP contribution in [0.5, 0.6) is 11.5 Å². The minimum absolute atomic E-state index is 0.0688. The van der Waals surface area contributed by atoms with Crippen LogP contribution in [0.15, 0.2) is 18.2 Å². The number of ether oxygens (including phenoxy) is 2. The molecule has 0 aromatic heterocycles. The van der Waals surface area contributed by atoms with Crippen LogP contribution in [-0.2, 0) is 0 Å². The van der Waals surface area contributed by atoms with Gasteiger partial charge in [0, 0.05) is 24.7 Å². The predicted molar refractivity (Wildman–Crippen MR) is 95.9 cm³/mol. The second kappa shape index (κ2) is 8.92.